The predicted octanol–water partition coefficient (Wildman–Crippen LogP) is 7.16. The van der Waals surface area contributed by atoms with E-state index in [1.165, 1.54) is 12.1 Å². The number of rotatable bonds is 5. The van der Waals surface area contributed by atoms with Gasteiger partial charge in [0.05, 0.1) is 6.61 Å². The van der Waals surface area contributed by atoms with E-state index in [2.05, 4.69) is 6.08 Å². The van der Waals surface area contributed by atoms with Crippen molar-refractivity contribution < 1.29 is 22.3 Å². The Bertz CT molecular complexity index is 867. The van der Waals surface area contributed by atoms with Gasteiger partial charge in [-0.15, -0.1) is 0 Å². The summed E-state index contributed by atoms with van der Waals surface area (Å²) < 4.78 is 63.0. The van der Waals surface area contributed by atoms with E-state index in [1.54, 1.807) is 6.92 Å². The van der Waals surface area contributed by atoms with Crippen LogP contribution < -0.4 is 4.74 Å². The summed E-state index contributed by atoms with van der Waals surface area (Å²) in [5.41, 5.74) is -0.295. The second-order valence-electron chi connectivity index (χ2n) is 7.16. The van der Waals surface area contributed by atoms with Gasteiger partial charge in [0.25, 0.3) is 0 Å². The molecule has 0 radical (unpaired) electrons. The lowest BCUT2D eigenvalue weighted by Crippen LogP contribution is -2.13. The Hall–Kier alpha value is -2.30. The molecule has 0 aliphatic heterocycles. The van der Waals surface area contributed by atoms with Crippen LogP contribution in [0.1, 0.15) is 51.0 Å². The number of allylic oxidation sites excluding steroid dienone is 2. The molecule has 2 aromatic rings. The SMILES string of the molecule is CC=CC1CCC(c2cc(F)c(-c3ccc(OCC)c(F)c3F)cc2F)CC1. The second kappa shape index (κ2) is 8.80. The van der Waals surface area contributed by atoms with Gasteiger partial charge in [-0.25, -0.2) is 13.2 Å². The molecule has 1 saturated carbocycles. The van der Waals surface area contributed by atoms with Crippen molar-refractivity contribution >= 4 is 0 Å². The summed E-state index contributed by atoms with van der Waals surface area (Å²) in [7, 11) is 0. The summed E-state index contributed by atoms with van der Waals surface area (Å²) in [5, 5.41) is 0. The molecule has 1 aliphatic carbocycles. The minimum Gasteiger partial charge on any atom is -0.491 e. The predicted molar refractivity (Wildman–Crippen MR) is 102 cm³/mol. The van der Waals surface area contributed by atoms with Crippen LogP contribution in [-0.4, -0.2) is 6.61 Å². The molecule has 150 valence electrons. The van der Waals surface area contributed by atoms with Crippen LogP contribution in [0.4, 0.5) is 17.6 Å². The van der Waals surface area contributed by atoms with Crippen LogP contribution in [0.15, 0.2) is 36.4 Å². The average Bonchev–Trinajstić information content (AvgIpc) is 2.69. The van der Waals surface area contributed by atoms with Gasteiger partial charge in [-0.2, -0.15) is 4.39 Å². The molecule has 0 N–H and O–H groups in total. The van der Waals surface area contributed by atoms with E-state index in [1.807, 2.05) is 13.0 Å². The van der Waals surface area contributed by atoms with Crippen LogP contribution in [0.25, 0.3) is 11.1 Å². The van der Waals surface area contributed by atoms with Crippen molar-refractivity contribution in [1.29, 1.82) is 0 Å². The smallest absolute Gasteiger partial charge is 0.201 e. The van der Waals surface area contributed by atoms with Crippen molar-refractivity contribution in [3.63, 3.8) is 0 Å². The third-order valence-corrected chi connectivity index (χ3v) is 5.40. The second-order valence-corrected chi connectivity index (χ2v) is 7.16. The Kier molecular flexibility index (Phi) is 6.42. The van der Waals surface area contributed by atoms with E-state index < -0.39 is 23.3 Å². The maximum Gasteiger partial charge on any atom is 0.201 e. The molecule has 0 saturated heterocycles. The number of hydrogen-bond donors (Lipinski definition) is 0. The zero-order valence-corrected chi connectivity index (χ0v) is 16.1. The van der Waals surface area contributed by atoms with E-state index in [-0.39, 0.29) is 29.4 Å². The summed E-state index contributed by atoms with van der Waals surface area (Å²) in [5.74, 6) is -3.62. The number of hydrogen-bond acceptors (Lipinski definition) is 1. The minimum absolute atomic E-state index is 0.0630. The largest absolute Gasteiger partial charge is 0.491 e. The van der Waals surface area contributed by atoms with Crippen molar-refractivity contribution in [2.75, 3.05) is 6.61 Å². The van der Waals surface area contributed by atoms with E-state index in [0.717, 1.165) is 37.8 Å². The zero-order valence-electron chi connectivity index (χ0n) is 16.1. The maximum absolute atomic E-state index is 14.8. The first kappa shape index (κ1) is 20.4. The molecule has 28 heavy (non-hydrogen) atoms. The number of halogens is 4. The molecular formula is C23H24F4O. The van der Waals surface area contributed by atoms with Crippen LogP contribution in [0.3, 0.4) is 0 Å². The van der Waals surface area contributed by atoms with Crippen LogP contribution >= 0.6 is 0 Å². The molecule has 1 fully saturated rings. The van der Waals surface area contributed by atoms with E-state index in [4.69, 9.17) is 4.74 Å². The summed E-state index contributed by atoms with van der Waals surface area (Å²) in [6.07, 6.45) is 7.57. The first-order valence-corrected chi connectivity index (χ1v) is 9.69. The first-order valence-electron chi connectivity index (χ1n) is 9.69. The molecular weight excluding hydrogens is 368 g/mol. The van der Waals surface area contributed by atoms with Crippen LogP contribution in [-0.2, 0) is 0 Å². The molecule has 1 aliphatic rings. The molecule has 0 spiro atoms. The van der Waals surface area contributed by atoms with Crippen molar-refractivity contribution in [2.45, 2.75) is 45.4 Å². The molecule has 1 nitrogen and oxygen atoms in total. The van der Waals surface area contributed by atoms with Crippen LogP contribution in [0.5, 0.6) is 5.75 Å². The molecule has 2 aromatic carbocycles. The molecule has 5 heteroatoms. The molecule has 0 bridgehead atoms. The van der Waals surface area contributed by atoms with Crippen molar-refractivity contribution in [3.8, 4) is 16.9 Å². The Labute approximate surface area is 163 Å². The van der Waals surface area contributed by atoms with Gasteiger partial charge in [0.15, 0.2) is 11.6 Å². The maximum atomic E-state index is 14.8. The molecule has 0 aromatic heterocycles. The number of ether oxygens (including phenoxy) is 1. The zero-order chi connectivity index (χ0) is 20.3. The van der Waals surface area contributed by atoms with Gasteiger partial charge in [-0.1, -0.05) is 12.2 Å². The number of benzene rings is 2. The Morgan fingerprint density at radius 1 is 0.929 bits per heavy atom. The highest BCUT2D eigenvalue weighted by Gasteiger charge is 2.26. The minimum atomic E-state index is -1.25. The van der Waals surface area contributed by atoms with Crippen molar-refractivity contribution in [3.05, 3.63) is 65.2 Å². The summed E-state index contributed by atoms with van der Waals surface area (Å²) in [6, 6.07) is 4.55. The lowest BCUT2D eigenvalue weighted by Gasteiger charge is -2.27. The van der Waals surface area contributed by atoms with Crippen molar-refractivity contribution in [1.82, 2.24) is 0 Å². The summed E-state index contributed by atoms with van der Waals surface area (Å²) >= 11 is 0. The average molecular weight is 392 g/mol. The molecule has 0 unspecified atom stereocenters. The highest BCUT2D eigenvalue weighted by atomic mass is 19.2. The standard InChI is InChI=1S/C23H24F4O/c1-3-5-14-6-8-15(9-7-14)17-12-20(25)18(13-19(17)24)16-10-11-21(28-4-2)23(27)22(16)26/h3,5,10-15H,4,6-9H2,1-2H3. The molecule has 0 atom stereocenters. The van der Waals surface area contributed by atoms with Gasteiger partial charge in [0, 0.05) is 11.1 Å². The normalized spacial score (nSPS) is 19.9. The fraction of sp³-hybridized carbons (Fsp3) is 0.391. The monoisotopic (exact) mass is 392 g/mol. The van der Waals surface area contributed by atoms with Gasteiger partial charge >= 0.3 is 0 Å². The van der Waals surface area contributed by atoms with E-state index >= 15 is 0 Å². The fourth-order valence-electron chi connectivity index (χ4n) is 3.98. The molecule has 0 heterocycles. The van der Waals surface area contributed by atoms with Gasteiger partial charge in [0.2, 0.25) is 5.82 Å². The fourth-order valence-corrected chi connectivity index (χ4v) is 3.98. The molecule has 3 rings (SSSR count). The van der Waals surface area contributed by atoms with Crippen molar-refractivity contribution in [2.24, 2.45) is 5.92 Å². The lowest BCUT2D eigenvalue weighted by atomic mass is 9.78. The van der Waals surface area contributed by atoms with Gasteiger partial charge < -0.3 is 4.74 Å². The highest BCUT2D eigenvalue weighted by Crippen LogP contribution is 2.40. The van der Waals surface area contributed by atoms with Gasteiger partial charge in [-0.3, -0.25) is 0 Å². The Balaban J connectivity index is 1.90. The molecule has 0 amide bonds. The van der Waals surface area contributed by atoms with Crippen LogP contribution in [0.2, 0.25) is 0 Å². The highest BCUT2D eigenvalue weighted by molar-refractivity contribution is 5.66. The lowest BCUT2D eigenvalue weighted by molar-refractivity contribution is 0.314. The van der Waals surface area contributed by atoms with Gasteiger partial charge in [-0.05, 0) is 81.2 Å². The van der Waals surface area contributed by atoms with Crippen LogP contribution in [0, 0.1) is 29.2 Å². The van der Waals surface area contributed by atoms with Gasteiger partial charge in [0.1, 0.15) is 11.6 Å². The Morgan fingerprint density at radius 3 is 2.29 bits per heavy atom. The topological polar surface area (TPSA) is 9.23 Å². The summed E-state index contributed by atoms with van der Waals surface area (Å²) in [6.45, 7) is 3.79. The first-order chi connectivity index (χ1) is 13.5. The quantitative estimate of drug-likeness (QED) is 0.387. The summed E-state index contributed by atoms with van der Waals surface area (Å²) in [4.78, 5) is 0. The van der Waals surface area contributed by atoms with E-state index in [9.17, 15) is 17.6 Å². The van der Waals surface area contributed by atoms with E-state index in [0.29, 0.717) is 11.5 Å². The third-order valence-electron chi connectivity index (χ3n) is 5.40. The Morgan fingerprint density at radius 2 is 1.64 bits per heavy atom. The third kappa shape index (κ3) is 4.08.